The summed E-state index contributed by atoms with van der Waals surface area (Å²) in [6.07, 6.45) is 1.26. The number of aromatic nitrogens is 1. The van der Waals surface area contributed by atoms with Crippen LogP contribution in [0.3, 0.4) is 0 Å². The molecule has 6 heteroatoms. The summed E-state index contributed by atoms with van der Waals surface area (Å²) in [4.78, 5) is 17.0. The van der Waals surface area contributed by atoms with Crippen molar-refractivity contribution < 1.29 is 14.6 Å². The summed E-state index contributed by atoms with van der Waals surface area (Å²) in [5.41, 5.74) is 1.82. The van der Waals surface area contributed by atoms with E-state index in [2.05, 4.69) is 4.98 Å². The van der Waals surface area contributed by atoms with E-state index in [0.717, 1.165) is 11.1 Å². The number of carboxylic acid groups (broad SMARTS) is 1. The van der Waals surface area contributed by atoms with Gasteiger partial charge in [-0.15, -0.1) is 0 Å². The SMILES string of the molecule is O=C(O)N(Cc1ccccc1)C1COc2cc(Cl)ncc2C1. The van der Waals surface area contributed by atoms with E-state index in [4.69, 9.17) is 16.3 Å². The molecule has 3 rings (SSSR count). The largest absolute Gasteiger partial charge is 0.491 e. The van der Waals surface area contributed by atoms with Crippen molar-refractivity contribution in [1.29, 1.82) is 0 Å². The fourth-order valence-corrected chi connectivity index (χ4v) is 2.71. The molecule has 1 aliphatic rings. The maximum Gasteiger partial charge on any atom is 0.407 e. The van der Waals surface area contributed by atoms with Crippen molar-refractivity contribution in [3.63, 3.8) is 0 Å². The first-order chi connectivity index (χ1) is 10.6. The summed E-state index contributed by atoms with van der Waals surface area (Å²) in [7, 11) is 0. The summed E-state index contributed by atoms with van der Waals surface area (Å²) < 4.78 is 5.66. The van der Waals surface area contributed by atoms with E-state index in [9.17, 15) is 9.90 Å². The van der Waals surface area contributed by atoms with Crippen molar-refractivity contribution in [3.8, 4) is 5.75 Å². The molecule has 0 aliphatic carbocycles. The lowest BCUT2D eigenvalue weighted by molar-refractivity contribution is 0.0915. The van der Waals surface area contributed by atoms with Gasteiger partial charge in [0.25, 0.3) is 0 Å². The molecule has 1 aromatic heterocycles. The molecule has 0 fully saturated rings. The maximum absolute atomic E-state index is 11.6. The van der Waals surface area contributed by atoms with Crippen LogP contribution >= 0.6 is 11.6 Å². The number of ether oxygens (including phenoxy) is 1. The van der Waals surface area contributed by atoms with E-state index in [1.165, 1.54) is 4.90 Å². The molecular weight excluding hydrogens is 304 g/mol. The molecule has 0 saturated heterocycles. The zero-order valence-corrected chi connectivity index (χ0v) is 12.5. The lowest BCUT2D eigenvalue weighted by Crippen LogP contribution is -2.45. The van der Waals surface area contributed by atoms with E-state index < -0.39 is 6.09 Å². The summed E-state index contributed by atoms with van der Waals surface area (Å²) >= 11 is 5.84. The third-order valence-electron chi connectivity index (χ3n) is 3.68. The van der Waals surface area contributed by atoms with Crippen molar-refractivity contribution in [1.82, 2.24) is 9.88 Å². The fraction of sp³-hybridized carbons (Fsp3) is 0.250. The molecule has 0 spiro atoms. The standard InChI is InChI=1S/C16H15ClN2O3/c17-15-7-14-12(8-18-15)6-13(10-22-14)19(16(20)21)9-11-4-2-1-3-5-11/h1-5,7-8,13H,6,9-10H2,(H,20,21). The Morgan fingerprint density at radius 3 is 2.91 bits per heavy atom. The molecule has 114 valence electrons. The number of fused-ring (bicyclic) bond motifs is 1. The highest BCUT2D eigenvalue weighted by Crippen LogP contribution is 2.28. The summed E-state index contributed by atoms with van der Waals surface area (Å²) in [6, 6.07) is 10.9. The minimum Gasteiger partial charge on any atom is -0.491 e. The topological polar surface area (TPSA) is 62.7 Å². The van der Waals surface area contributed by atoms with Crippen LogP contribution in [-0.2, 0) is 13.0 Å². The Labute approximate surface area is 133 Å². The molecule has 2 aromatic rings. The monoisotopic (exact) mass is 318 g/mol. The summed E-state index contributed by atoms with van der Waals surface area (Å²) in [6.45, 7) is 0.646. The van der Waals surface area contributed by atoms with Gasteiger partial charge < -0.3 is 9.84 Å². The average molecular weight is 319 g/mol. The lowest BCUT2D eigenvalue weighted by atomic mass is 10.0. The van der Waals surface area contributed by atoms with E-state index >= 15 is 0 Å². The molecule has 1 N–H and O–H groups in total. The number of halogens is 1. The van der Waals surface area contributed by atoms with Gasteiger partial charge in [-0.3, -0.25) is 4.90 Å². The Hall–Kier alpha value is -2.27. The Bertz CT molecular complexity index is 678. The Balaban J connectivity index is 1.79. The molecule has 1 atom stereocenters. The van der Waals surface area contributed by atoms with E-state index in [0.29, 0.717) is 30.5 Å². The maximum atomic E-state index is 11.6. The molecule has 1 aliphatic heterocycles. The molecule has 0 radical (unpaired) electrons. The normalized spacial score (nSPS) is 16.5. The van der Waals surface area contributed by atoms with Gasteiger partial charge in [0, 0.05) is 30.8 Å². The molecule has 0 saturated carbocycles. The van der Waals surface area contributed by atoms with E-state index in [1.54, 1.807) is 12.3 Å². The predicted octanol–water partition coefficient (Wildman–Crippen LogP) is 3.22. The van der Waals surface area contributed by atoms with Gasteiger partial charge >= 0.3 is 6.09 Å². The van der Waals surface area contributed by atoms with Crippen molar-refractivity contribution >= 4 is 17.7 Å². The zero-order valence-electron chi connectivity index (χ0n) is 11.8. The number of carbonyl (C=O) groups is 1. The number of rotatable bonds is 3. The molecule has 1 unspecified atom stereocenters. The van der Waals surface area contributed by atoms with Crippen molar-refractivity contribution in [3.05, 3.63) is 58.9 Å². The number of amides is 1. The van der Waals surface area contributed by atoms with E-state index in [1.807, 2.05) is 30.3 Å². The molecule has 2 heterocycles. The highest BCUT2D eigenvalue weighted by atomic mass is 35.5. The predicted molar refractivity (Wildman–Crippen MR) is 82.2 cm³/mol. The van der Waals surface area contributed by atoms with Crippen LogP contribution in [0.15, 0.2) is 42.6 Å². The Morgan fingerprint density at radius 2 is 2.18 bits per heavy atom. The van der Waals surface area contributed by atoms with Gasteiger partial charge in [0.2, 0.25) is 0 Å². The van der Waals surface area contributed by atoms with Crippen LogP contribution in [0.5, 0.6) is 5.75 Å². The highest BCUT2D eigenvalue weighted by molar-refractivity contribution is 6.29. The zero-order chi connectivity index (χ0) is 15.5. The van der Waals surface area contributed by atoms with Gasteiger partial charge in [0.15, 0.2) is 0 Å². The molecule has 22 heavy (non-hydrogen) atoms. The lowest BCUT2D eigenvalue weighted by Gasteiger charge is -2.33. The van der Waals surface area contributed by atoms with Crippen LogP contribution in [-0.4, -0.2) is 33.7 Å². The number of hydrogen-bond donors (Lipinski definition) is 1. The molecule has 0 bridgehead atoms. The van der Waals surface area contributed by atoms with Crippen LogP contribution in [0.4, 0.5) is 4.79 Å². The van der Waals surface area contributed by atoms with Crippen LogP contribution in [0, 0.1) is 0 Å². The second-order valence-corrected chi connectivity index (χ2v) is 5.57. The quantitative estimate of drug-likeness (QED) is 0.883. The van der Waals surface area contributed by atoms with Crippen LogP contribution < -0.4 is 4.74 Å². The first kappa shape index (κ1) is 14.7. The fourth-order valence-electron chi connectivity index (χ4n) is 2.56. The van der Waals surface area contributed by atoms with Gasteiger partial charge in [-0.2, -0.15) is 0 Å². The van der Waals surface area contributed by atoms with Crippen LogP contribution in [0.25, 0.3) is 0 Å². The second-order valence-electron chi connectivity index (χ2n) is 5.18. The van der Waals surface area contributed by atoms with Crippen molar-refractivity contribution in [2.75, 3.05) is 6.61 Å². The molecule has 5 nitrogen and oxygen atoms in total. The van der Waals surface area contributed by atoms with Gasteiger partial charge in [-0.25, -0.2) is 9.78 Å². The number of nitrogens with zero attached hydrogens (tertiary/aromatic N) is 2. The smallest absolute Gasteiger partial charge is 0.407 e. The number of hydrogen-bond acceptors (Lipinski definition) is 3. The summed E-state index contributed by atoms with van der Waals surface area (Å²) in [5, 5.41) is 9.88. The van der Waals surface area contributed by atoms with Crippen molar-refractivity contribution in [2.24, 2.45) is 0 Å². The third-order valence-corrected chi connectivity index (χ3v) is 3.89. The van der Waals surface area contributed by atoms with E-state index in [-0.39, 0.29) is 6.04 Å². The van der Waals surface area contributed by atoms with Gasteiger partial charge in [-0.05, 0) is 5.56 Å². The highest BCUT2D eigenvalue weighted by Gasteiger charge is 2.29. The molecule has 1 aromatic carbocycles. The second kappa shape index (κ2) is 6.23. The molecular formula is C16H15ClN2O3. The number of pyridine rings is 1. The first-order valence-electron chi connectivity index (χ1n) is 6.94. The van der Waals surface area contributed by atoms with Gasteiger partial charge in [-0.1, -0.05) is 41.9 Å². The first-order valence-corrected chi connectivity index (χ1v) is 7.32. The van der Waals surface area contributed by atoms with Crippen molar-refractivity contribution in [2.45, 2.75) is 19.0 Å². The molecule has 1 amide bonds. The van der Waals surface area contributed by atoms with Crippen LogP contribution in [0.1, 0.15) is 11.1 Å². The number of benzene rings is 1. The van der Waals surface area contributed by atoms with Gasteiger partial charge in [0.1, 0.15) is 17.5 Å². The van der Waals surface area contributed by atoms with Crippen LogP contribution in [0.2, 0.25) is 5.15 Å². The average Bonchev–Trinajstić information content (AvgIpc) is 2.53. The minimum atomic E-state index is -0.956. The third kappa shape index (κ3) is 3.14. The summed E-state index contributed by atoms with van der Waals surface area (Å²) in [5.74, 6) is 0.682. The Morgan fingerprint density at radius 1 is 1.41 bits per heavy atom. The van der Waals surface area contributed by atoms with Gasteiger partial charge in [0.05, 0.1) is 6.04 Å². The minimum absolute atomic E-state index is 0.242. The Kier molecular flexibility index (Phi) is 4.15.